The molecule has 4 unspecified atom stereocenters. The zero-order valence-electron chi connectivity index (χ0n) is 19.4. The van der Waals surface area contributed by atoms with Gasteiger partial charge in [0.15, 0.2) is 0 Å². The maximum Gasteiger partial charge on any atom is 0.325 e. The molecule has 0 radical (unpaired) electrons. The number of nitrogens with zero attached hydrogens (tertiary/aromatic N) is 1. The summed E-state index contributed by atoms with van der Waals surface area (Å²) in [7, 11) is 0. The standard InChI is InChI=1S/C27H28N2O6/c1-2-3-15-29-24(32)21-22(25(29)33)27(26(34)35,16-20(30)31)28-23(21)19-13-11-18(12-14-19)10-9-17-7-5-4-6-8-17/h4-14,21-23,28H,2-3,15-16H2,1H3,(H,30,31)(H,34,35). The number of nitrogens with one attached hydrogen (secondary N) is 1. The van der Waals surface area contributed by atoms with Gasteiger partial charge in [0.25, 0.3) is 0 Å². The number of hydrogen-bond acceptors (Lipinski definition) is 5. The van der Waals surface area contributed by atoms with Crippen molar-refractivity contribution in [2.24, 2.45) is 11.8 Å². The van der Waals surface area contributed by atoms with Crippen molar-refractivity contribution < 1.29 is 29.4 Å². The normalized spacial score (nSPS) is 25.9. The maximum absolute atomic E-state index is 13.3. The van der Waals surface area contributed by atoms with E-state index in [2.05, 4.69) is 5.32 Å². The van der Waals surface area contributed by atoms with E-state index in [1.165, 1.54) is 0 Å². The van der Waals surface area contributed by atoms with Crippen LogP contribution in [0.2, 0.25) is 0 Å². The second-order valence-corrected chi connectivity index (χ2v) is 9.06. The molecule has 2 amide bonds. The highest BCUT2D eigenvalue weighted by Crippen LogP contribution is 2.50. The van der Waals surface area contributed by atoms with Gasteiger partial charge >= 0.3 is 11.9 Å². The summed E-state index contributed by atoms with van der Waals surface area (Å²) in [6.07, 6.45) is 4.44. The Morgan fingerprint density at radius 3 is 2.17 bits per heavy atom. The summed E-state index contributed by atoms with van der Waals surface area (Å²) in [6, 6.07) is 16.2. The van der Waals surface area contributed by atoms with Crippen molar-refractivity contribution in [1.29, 1.82) is 0 Å². The van der Waals surface area contributed by atoms with E-state index in [0.29, 0.717) is 12.0 Å². The monoisotopic (exact) mass is 476 g/mol. The molecule has 2 aliphatic rings. The van der Waals surface area contributed by atoms with Crippen LogP contribution in [0.3, 0.4) is 0 Å². The molecule has 35 heavy (non-hydrogen) atoms. The van der Waals surface area contributed by atoms with Crippen LogP contribution in [0.4, 0.5) is 0 Å². The van der Waals surface area contributed by atoms with Crippen LogP contribution in [0, 0.1) is 11.8 Å². The molecule has 0 spiro atoms. The van der Waals surface area contributed by atoms with Gasteiger partial charge in [-0.05, 0) is 23.1 Å². The lowest BCUT2D eigenvalue weighted by Gasteiger charge is -2.29. The molecular weight excluding hydrogens is 448 g/mol. The summed E-state index contributed by atoms with van der Waals surface area (Å²) in [5.41, 5.74) is 0.504. The quantitative estimate of drug-likeness (QED) is 0.375. The molecule has 2 saturated heterocycles. The number of rotatable bonds is 9. The molecule has 2 aromatic carbocycles. The average molecular weight is 477 g/mol. The highest BCUT2D eigenvalue weighted by molar-refractivity contribution is 6.10. The summed E-state index contributed by atoms with van der Waals surface area (Å²) in [4.78, 5) is 51.8. The SMILES string of the molecule is CCCCN1C(=O)C2C(c3ccc(C=Cc4ccccc4)cc3)NC(CC(=O)O)(C(=O)O)C2C1=O. The lowest BCUT2D eigenvalue weighted by Crippen LogP contribution is -2.57. The van der Waals surface area contributed by atoms with Gasteiger partial charge in [0.1, 0.15) is 5.54 Å². The average Bonchev–Trinajstić information content (AvgIpc) is 3.31. The fraction of sp³-hybridized carbons (Fsp3) is 0.333. The molecule has 2 aliphatic heterocycles. The van der Waals surface area contributed by atoms with Gasteiger partial charge in [-0.2, -0.15) is 0 Å². The lowest BCUT2D eigenvalue weighted by atomic mass is 9.77. The number of hydrogen-bond donors (Lipinski definition) is 3. The van der Waals surface area contributed by atoms with Crippen molar-refractivity contribution in [3.8, 4) is 0 Å². The van der Waals surface area contributed by atoms with E-state index < -0.39 is 53.6 Å². The number of benzene rings is 2. The van der Waals surface area contributed by atoms with Crippen LogP contribution in [-0.2, 0) is 19.2 Å². The molecular formula is C27H28N2O6. The number of fused-ring (bicyclic) bond motifs is 1. The van der Waals surface area contributed by atoms with Crippen LogP contribution < -0.4 is 5.32 Å². The Morgan fingerprint density at radius 2 is 1.60 bits per heavy atom. The highest BCUT2D eigenvalue weighted by atomic mass is 16.4. The van der Waals surface area contributed by atoms with Crippen LogP contribution in [0.1, 0.15) is 48.9 Å². The van der Waals surface area contributed by atoms with Crippen LogP contribution in [-0.4, -0.2) is 50.9 Å². The number of aliphatic carboxylic acids is 2. The molecule has 0 bridgehead atoms. The van der Waals surface area contributed by atoms with Crippen LogP contribution >= 0.6 is 0 Å². The Hall–Kier alpha value is -3.78. The summed E-state index contributed by atoms with van der Waals surface area (Å²) < 4.78 is 0. The number of carboxylic acids is 2. The number of carbonyl (C=O) groups excluding carboxylic acids is 2. The summed E-state index contributed by atoms with van der Waals surface area (Å²) >= 11 is 0. The number of carbonyl (C=O) groups is 4. The van der Waals surface area contributed by atoms with Crippen LogP contribution in [0.15, 0.2) is 54.6 Å². The minimum absolute atomic E-state index is 0.194. The van der Waals surface area contributed by atoms with Crippen molar-refractivity contribution in [3.05, 3.63) is 71.3 Å². The molecule has 2 fully saturated rings. The van der Waals surface area contributed by atoms with Gasteiger partial charge in [0, 0.05) is 12.6 Å². The zero-order chi connectivity index (χ0) is 25.2. The Kier molecular flexibility index (Phi) is 6.84. The van der Waals surface area contributed by atoms with Crippen molar-refractivity contribution in [2.75, 3.05) is 6.54 Å². The van der Waals surface area contributed by atoms with E-state index in [-0.39, 0.29) is 6.54 Å². The third kappa shape index (κ3) is 4.49. The molecule has 0 aromatic heterocycles. The van der Waals surface area contributed by atoms with Crippen molar-refractivity contribution in [2.45, 2.75) is 37.8 Å². The topological polar surface area (TPSA) is 124 Å². The summed E-state index contributed by atoms with van der Waals surface area (Å²) in [5.74, 6) is -6.14. The van der Waals surface area contributed by atoms with Gasteiger partial charge in [-0.1, -0.05) is 80.1 Å². The Bertz CT molecular complexity index is 1160. The lowest BCUT2D eigenvalue weighted by molar-refractivity contribution is -0.156. The van der Waals surface area contributed by atoms with Gasteiger partial charge in [0.2, 0.25) is 11.8 Å². The van der Waals surface area contributed by atoms with E-state index in [0.717, 1.165) is 22.4 Å². The first-order chi connectivity index (χ1) is 16.8. The molecule has 0 aliphatic carbocycles. The van der Waals surface area contributed by atoms with Crippen molar-refractivity contribution in [3.63, 3.8) is 0 Å². The minimum Gasteiger partial charge on any atom is -0.481 e. The fourth-order valence-corrected chi connectivity index (χ4v) is 5.13. The van der Waals surface area contributed by atoms with Gasteiger partial charge in [-0.3, -0.25) is 29.4 Å². The Morgan fingerprint density at radius 1 is 0.971 bits per heavy atom. The predicted molar refractivity (Wildman–Crippen MR) is 129 cm³/mol. The van der Waals surface area contributed by atoms with E-state index in [1.54, 1.807) is 12.1 Å². The van der Waals surface area contributed by atoms with Crippen molar-refractivity contribution in [1.82, 2.24) is 10.2 Å². The van der Waals surface area contributed by atoms with E-state index in [4.69, 9.17) is 0 Å². The van der Waals surface area contributed by atoms with Crippen LogP contribution in [0.25, 0.3) is 12.2 Å². The second kappa shape index (κ2) is 9.84. The number of amides is 2. The van der Waals surface area contributed by atoms with Crippen molar-refractivity contribution >= 4 is 35.9 Å². The highest BCUT2D eigenvalue weighted by Gasteiger charge is 2.68. The summed E-state index contributed by atoms with van der Waals surface area (Å²) in [5, 5.41) is 22.5. The first kappa shape index (κ1) is 24.3. The number of unbranched alkanes of at least 4 members (excludes halogenated alkanes) is 1. The molecule has 2 aromatic rings. The van der Waals surface area contributed by atoms with Gasteiger partial charge in [-0.25, -0.2) is 0 Å². The number of imide groups is 1. The number of carboxylic acid groups (broad SMARTS) is 2. The van der Waals surface area contributed by atoms with Gasteiger partial charge in [-0.15, -0.1) is 0 Å². The molecule has 182 valence electrons. The van der Waals surface area contributed by atoms with E-state index in [1.807, 2.05) is 61.5 Å². The minimum atomic E-state index is -2.07. The predicted octanol–water partition coefficient (Wildman–Crippen LogP) is 3.20. The Labute approximate surface area is 203 Å². The zero-order valence-corrected chi connectivity index (χ0v) is 19.4. The van der Waals surface area contributed by atoms with Gasteiger partial charge < -0.3 is 10.2 Å². The molecule has 3 N–H and O–H groups in total. The molecule has 4 atom stereocenters. The maximum atomic E-state index is 13.3. The molecule has 0 saturated carbocycles. The largest absolute Gasteiger partial charge is 0.481 e. The first-order valence-electron chi connectivity index (χ1n) is 11.7. The molecule has 8 nitrogen and oxygen atoms in total. The first-order valence-corrected chi connectivity index (χ1v) is 11.7. The second-order valence-electron chi connectivity index (χ2n) is 9.06. The molecule has 8 heteroatoms. The summed E-state index contributed by atoms with van der Waals surface area (Å²) in [6.45, 7) is 2.12. The smallest absolute Gasteiger partial charge is 0.325 e. The van der Waals surface area contributed by atoms with Gasteiger partial charge in [0.05, 0.1) is 18.3 Å². The third-order valence-electron chi connectivity index (χ3n) is 6.86. The Balaban J connectivity index is 1.68. The van der Waals surface area contributed by atoms with E-state index in [9.17, 15) is 29.4 Å². The van der Waals surface area contributed by atoms with Crippen LogP contribution in [0.5, 0.6) is 0 Å². The molecule has 2 heterocycles. The fourth-order valence-electron chi connectivity index (χ4n) is 5.13. The molecule has 4 rings (SSSR count). The van der Waals surface area contributed by atoms with E-state index >= 15 is 0 Å². The third-order valence-corrected chi connectivity index (χ3v) is 6.86. The number of likely N-dealkylation sites (tertiary alicyclic amines) is 1.